The lowest BCUT2D eigenvalue weighted by Crippen LogP contribution is -2.36. The summed E-state index contributed by atoms with van der Waals surface area (Å²) in [5, 5.41) is 8.57. The van der Waals surface area contributed by atoms with E-state index in [2.05, 4.69) is 20.2 Å². The van der Waals surface area contributed by atoms with Gasteiger partial charge >= 0.3 is 0 Å². The highest BCUT2D eigenvalue weighted by Gasteiger charge is 2.26. The van der Waals surface area contributed by atoms with E-state index in [9.17, 15) is 9.59 Å². The fourth-order valence-corrected chi connectivity index (χ4v) is 5.23. The summed E-state index contributed by atoms with van der Waals surface area (Å²) in [7, 11) is 0. The minimum absolute atomic E-state index is 0.0281. The first-order chi connectivity index (χ1) is 15.6. The predicted molar refractivity (Wildman–Crippen MR) is 120 cm³/mol. The van der Waals surface area contributed by atoms with Gasteiger partial charge in [-0.1, -0.05) is 18.9 Å². The molecule has 0 bridgehead atoms. The van der Waals surface area contributed by atoms with Gasteiger partial charge < -0.3 is 9.88 Å². The fraction of sp³-hybridized carbons (Fsp3) is 0.375. The molecule has 1 saturated carbocycles. The molecular formula is C24H24N6O2. The van der Waals surface area contributed by atoms with E-state index in [1.807, 2.05) is 40.5 Å². The molecular weight excluding hydrogens is 404 g/mol. The van der Waals surface area contributed by atoms with Crippen LogP contribution in [0.4, 0.5) is 0 Å². The Balaban J connectivity index is 1.45. The van der Waals surface area contributed by atoms with E-state index in [-0.39, 0.29) is 11.5 Å². The lowest BCUT2D eigenvalue weighted by atomic mass is 10.0. The van der Waals surface area contributed by atoms with E-state index < -0.39 is 0 Å². The molecule has 8 heteroatoms. The molecule has 0 saturated heterocycles. The highest BCUT2D eigenvalue weighted by molar-refractivity contribution is 5.99. The van der Waals surface area contributed by atoms with Gasteiger partial charge in [-0.2, -0.15) is 0 Å². The van der Waals surface area contributed by atoms with Gasteiger partial charge in [0.05, 0.1) is 11.0 Å². The van der Waals surface area contributed by atoms with Gasteiger partial charge in [-0.05, 0) is 49.1 Å². The highest BCUT2D eigenvalue weighted by atomic mass is 16.2. The molecule has 0 spiro atoms. The Kier molecular flexibility index (Phi) is 4.34. The van der Waals surface area contributed by atoms with Gasteiger partial charge in [0.1, 0.15) is 5.82 Å². The molecule has 2 aliphatic rings. The van der Waals surface area contributed by atoms with Crippen molar-refractivity contribution in [2.75, 3.05) is 6.54 Å². The number of rotatable bonds is 2. The number of pyridine rings is 1. The Labute approximate surface area is 184 Å². The zero-order valence-electron chi connectivity index (χ0n) is 18.0. The number of aryl methyl sites for hydroxylation is 1. The number of hydrogen-bond donors (Lipinski definition) is 1. The van der Waals surface area contributed by atoms with Crippen LogP contribution in [0.5, 0.6) is 0 Å². The van der Waals surface area contributed by atoms with Crippen LogP contribution in [0.25, 0.3) is 16.7 Å². The van der Waals surface area contributed by atoms with Crippen LogP contribution in [0.3, 0.4) is 0 Å². The number of aromatic nitrogens is 5. The maximum atomic E-state index is 13.4. The molecule has 0 radical (unpaired) electrons. The largest absolute Gasteiger partial charge is 0.334 e. The zero-order valence-corrected chi connectivity index (χ0v) is 18.0. The number of fused-ring (bicyclic) bond motifs is 4. The van der Waals surface area contributed by atoms with Crippen molar-refractivity contribution in [2.24, 2.45) is 0 Å². The van der Waals surface area contributed by atoms with Crippen LogP contribution in [-0.4, -0.2) is 41.9 Å². The summed E-state index contributed by atoms with van der Waals surface area (Å²) in [4.78, 5) is 35.4. The van der Waals surface area contributed by atoms with Crippen molar-refractivity contribution in [3.63, 3.8) is 0 Å². The summed E-state index contributed by atoms with van der Waals surface area (Å²) >= 11 is 0. The number of carbonyl (C=O) groups is 1. The third-order valence-electron chi connectivity index (χ3n) is 6.93. The third-order valence-corrected chi connectivity index (χ3v) is 6.93. The van der Waals surface area contributed by atoms with E-state index >= 15 is 0 Å². The molecule has 32 heavy (non-hydrogen) atoms. The minimum Gasteiger partial charge on any atom is -0.334 e. The van der Waals surface area contributed by atoms with Gasteiger partial charge in [0.2, 0.25) is 5.65 Å². The number of hydrogen-bond acceptors (Lipinski definition) is 5. The minimum atomic E-state index is -0.283. The Bertz CT molecular complexity index is 1430. The number of carbonyl (C=O) groups excluding carboxylic acids is 1. The van der Waals surface area contributed by atoms with Gasteiger partial charge in [-0.15, -0.1) is 10.2 Å². The summed E-state index contributed by atoms with van der Waals surface area (Å²) in [5.41, 5.74) is 5.14. The molecule has 1 N–H and O–H groups in total. The number of nitrogens with one attached hydrogen (secondary N) is 1. The summed E-state index contributed by atoms with van der Waals surface area (Å²) in [6.45, 7) is 3.13. The Morgan fingerprint density at radius 2 is 2.03 bits per heavy atom. The molecule has 4 heterocycles. The summed E-state index contributed by atoms with van der Waals surface area (Å²) in [6, 6.07) is 7.72. The first kappa shape index (κ1) is 19.2. The van der Waals surface area contributed by atoms with Crippen LogP contribution in [0.1, 0.15) is 64.6 Å². The molecule has 4 aromatic rings. The second-order valence-corrected chi connectivity index (χ2v) is 8.92. The number of nitrogens with zero attached hydrogens (tertiary/aromatic N) is 5. The van der Waals surface area contributed by atoms with Crippen molar-refractivity contribution in [2.45, 2.75) is 51.5 Å². The number of benzene rings is 1. The van der Waals surface area contributed by atoms with Gasteiger partial charge in [0, 0.05) is 42.9 Å². The molecule has 3 aromatic heterocycles. The predicted octanol–water partition coefficient (Wildman–Crippen LogP) is 3.13. The summed E-state index contributed by atoms with van der Waals surface area (Å²) in [6.07, 6.45) is 7.02. The molecule has 1 aliphatic carbocycles. The maximum absolute atomic E-state index is 13.4. The smallest absolute Gasteiger partial charge is 0.294 e. The Morgan fingerprint density at radius 3 is 2.88 bits per heavy atom. The first-order valence-corrected chi connectivity index (χ1v) is 11.2. The van der Waals surface area contributed by atoms with E-state index in [0.717, 1.165) is 47.4 Å². The lowest BCUT2D eigenvalue weighted by Gasteiger charge is -2.28. The van der Waals surface area contributed by atoms with Gasteiger partial charge in [0.25, 0.3) is 11.5 Å². The lowest BCUT2D eigenvalue weighted by molar-refractivity contribution is 0.0733. The Hall–Kier alpha value is -3.55. The maximum Gasteiger partial charge on any atom is 0.294 e. The van der Waals surface area contributed by atoms with Crippen molar-refractivity contribution in [3.8, 4) is 0 Å². The molecule has 162 valence electrons. The number of aromatic amines is 1. The second-order valence-electron chi connectivity index (χ2n) is 8.92. The average Bonchev–Trinajstić information content (AvgIpc) is 3.49. The number of H-pyrrole nitrogens is 1. The molecule has 8 nitrogen and oxygen atoms in total. The van der Waals surface area contributed by atoms with Crippen LogP contribution in [0, 0.1) is 6.92 Å². The van der Waals surface area contributed by atoms with Crippen molar-refractivity contribution in [1.29, 1.82) is 0 Å². The van der Waals surface area contributed by atoms with Crippen LogP contribution >= 0.6 is 0 Å². The second kappa shape index (κ2) is 7.25. The SMILES string of the molecule is Cc1cc2c(cc1C(=O)N1CCc3ncccc3C1)[nH]c(=O)c1nnc(C3CCCC3)n12. The van der Waals surface area contributed by atoms with Gasteiger partial charge in [-0.25, -0.2) is 0 Å². The highest BCUT2D eigenvalue weighted by Crippen LogP contribution is 2.34. The van der Waals surface area contributed by atoms with Gasteiger partial charge in [0.15, 0.2) is 0 Å². The quantitative estimate of drug-likeness (QED) is 0.529. The van der Waals surface area contributed by atoms with Crippen LogP contribution in [0.2, 0.25) is 0 Å². The Morgan fingerprint density at radius 1 is 1.19 bits per heavy atom. The third kappa shape index (κ3) is 2.93. The fourth-order valence-electron chi connectivity index (χ4n) is 5.23. The number of amides is 1. The summed E-state index contributed by atoms with van der Waals surface area (Å²) < 4.78 is 1.90. The van der Waals surface area contributed by atoms with E-state index in [1.54, 1.807) is 6.20 Å². The standard InChI is InChI=1S/C24H24N6O2/c1-14-11-20-19(26-23(31)22-28-27-21(30(20)22)15-5-2-3-6-15)12-17(14)24(32)29-10-8-18-16(13-29)7-4-9-25-18/h4,7,9,11-12,15H,2-3,5-6,8,10,13H2,1H3,(H,26,31). The molecule has 1 aromatic carbocycles. The van der Waals surface area contributed by atoms with Crippen molar-refractivity contribution < 1.29 is 4.79 Å². The average molecular weight is 428 g/mol. The van der Waals surface area contributed by atoms with Crippen molar-refractivity contribution in [3.05, 3.63) is 69.0 Å². The van der Waals surface area contributed by atoms with E-state index in [1.165, 1.54) is 12.8 Å². The van der Waals surface area contributed by atoms with Crippen LogP contribution in [0.15, 0.2) is 35.3 Å². The van der Waals surface area contributed by atoms with Crippen molar-refractivity contribution >= 4 is 22.6 Å². The molecule has 1 amide bonds. The van der Waals surface area contributed by atoms with Crippen molar-refractivity contribution in [1.82, 2.24) is 29.5 Å². The first-order valence-electron chi connectivity index (χ1n) is 11.2. The molecule has 1 fully saturated rings. The molecule has 0 atom stereocenters. The monoisotopic (exact) mass is 428 g/mol. The van der Waals surface area contributed by atoms with Crippen LogP contribution in [-0.2, 0) is 13.0 Å². The van der Waals surface area contributed by atoms with E-state index in [0.29, 0.717) is 35.7 Å². The van der Waals surface area contributed by atoms with E-state index in [4.69, 9.17) is 0 Å². The van der Waals surface area contributed by atoms with Crippen LogP contribution < -0.4 is 5.56 Å². The van der Waals surface area contributed by atoms with Gasteiger partial charge in [-0.3, -0.25) is 19.0 Å². The topological polar surface area (TPSA) is 96.2 Å². The molecule has 1 aliphatic heterocycles. The molecule has 6 rings (SSSR count). The zero-order chi connectivity index (χ0) is 21.8. The summed E-state index contributed by atoms with van der Waals surface area (Å²) in [5.74, 6) is 1.14. The molecule has 0 unspecified atom stereocenters. The normalized spacial score (nSPS) is 16.7.